The van der Waals surface area contributed by atoms with Gasteiger partial charge in [0, 0.05) is 47.4 Å². The molecule has 3 aromatic carbocycles. The summed E-state index contributed by atoms with van der Waals surface area (Å²) in [6, 6.07) is 26.8. The van der Waals surface area contributed by atoms with E-state index in [1.165, 1.54) is 0 Å². The lowest BCUT2D eigenvalue weighted by atomic mass is 9.73. The van der Waals surface area contributed by atoms with E-state index >= 15 is 0 Å². The lowest BCUT2D eigenvalue weighted by Gasteiger charge is -2.51. The molecule has 8 heteroatoms. The Hall–Kier alpha value is -5.18. The molecule has 2 unspecified atom stereocenters. The Morgan fingerprint density at radius 2 is 1.11 bits per heavy atom. The van der Waals surface area contributed by atoms with Crippen molar-refractivity contribution in [2.24, 2.45) is 23.7 Å². The number of hydrogen-bond acceptors (Lipinski definition) is 8. The largest absolute Gasteiger partial charge is 0.452 e. The lowest BCUT2D eigenvalue weighted by molar-refractivity contribution is -0.0570. The Morgan fingerprint density at radius 3 is 1.54 bits per heavy atom. The Bertz CT molecular complexity index is 2070. The van der Waals surface area contributed by atoms with Gasteiger partial charge in [-0.25, -0.2) is 9.59 Å². The molecular formula is C46H46N4O4. The molecule has 5 aromatic rings. The van der Waals surface area contributed by atoms with E-state index in [4.69, 9.17) is 9.47 Å². The number of para-hydroxylation sites is 2. The summed E-state index contributed by atoms with van der Waals surface area (Å²) < 4.78 is 13.1. The molecule has 54 heavy (non-hydrogen) atoms. The summed E-state index contributed by atoms with van der Waals surface area (Å²) in [5, 5.41) is 1.94. The van der Waals surface area contributed by atoms with Crippen molar-refractivity contribution in [1.29, 1.82) is 0 Å². The topological polar surface area (TPSA) is 84.9 Å². The number of nitrogens with zero attached hydrogens (tertiary/aromatic N) is 4. The summed E-state index contributed by atoms with van der Waals surface area (Å²) in [5.74, 6) is 0.910. The minimum absolute atomic E-state index is 0.0142. The fourth-order valence-corrected chi connectivity index (χ4v) is 9.95. The van der Waals surface area contributed by atoms with Gasteiger partial charge in [-0.1, -0.05) is 54.6 Å². The predicted octanol–water partition coefficient (Wildman–Crippen LogP) is 8.37. The Morgan fingerprint density at radius 1 is 0.648 bits per heavy atom. The molecule has 2 aromatic heterocycles. The van der Waals surface area contributed by atoms with E-state index in [0.717, 1.165) is 84.8 Å². The van der Waals surface area contributed by atoms with Crippen LogP contribution in [0.2, 0.25) is 0 Å². The van der Waals surface area contributed by atoms with Crippen LogP contribution in [-0.4, -0.2) is 70.0 Å². The third-order valence-corrected chi connectivity index (χ3v) is 12.8. The number of rotatable bonds is 10. The van der Waals surface area contributed by atoms with Crippen LogP contribution in [0.3, 0.4) is 0 Å². The van der Waals surface area contributed by atoms with Crippen LogP contribution in [0.15, 0.2) is 123 Å². The van der Waals surface area contributed by atoms with E-state index in [1.54, 1.807) is 36.7 Å². The third kappa shape index (κ3) is 6.31. The van der Waals surface area contributed by atoms with Gasteiger partial charge in [0.1, 0.15) is 12.2 Å². The summed E-state index contributed by atoms with van der Waals surface area (Å²) in [6.45, 7) is 11.9. The highest BCUT2D eigenvalue weighted by Gasteiger charge is 2.46. The standard InChI is InChI=1S/C46H46N4O4/c1-3-29-27-49-22-18-31(29)25-41(49)43(37-16-20-47-39-14-7-5-12-35(37)39)53-45(51)33-10-9-11-34(24-33)46(52)54-44(38-17-21-48-40-15-8-6-13-36(38)40)42-26-32-19-23-50(42)28-30(32)4-2/h3-17,20-21,24,29-32,41-44H,1-2,18-19,22-23,25-28H2/t29-,30-,31-,32-,41-,42-,43+,44+/m0/s1. The summed E-state index contributed by atoms with van der Waals surface area (Å²) in [5.41, 5.74) is 4.24. The first-order valence-corrected chi connectivity index (χ1v) is 19.4. The van der Waals surface area contributed by atoms with Crippen molar-refractivity contribution in [1.82, 2.24) is 19.8 Å². The fraction of sp³-hybridized carbons (Fsp3) is 0.348. The molecule has 0 spiro atoms. The van der Waals surface area contributed by atoms with Crippen molar-refractivity contribution >= 4 is 33.7 Å². The van der Waals surface area contributed by atoms with Crippen molar-refractivity contribution in [2.75, 3.05) is 26.2 Å². The SMILES string of the molecule is C=C[C@H]1CN2CC[C@H]1C[C@H]2[C@H](OC(=O)c1cccc(C(=O)O[C@H](c2ccnc3ccccc23)[C@@H]2C[C@@H]3CCN2C[C@@H]3C=C)c1)c1ccnc2ccccc12. The second-order valence-corrected chi connectivity index (χ2v) is 15.6. The molecule has 10 atom stereocenters. The maximum atomic E-state index is 14.2. The summed E-state index contributed by atoms with van der Waals surface area (Å²) in [6.07, 6.45) is 10.8. The quantitative estimate of drug-likeness (QED) is 0.105. The summed E-state index contributed by atoms with van der Waals surface area (Å²) in [7, 11) is 0. The molecule has 4 bridgehead atoms. The van der Waals surface area contributed by atoms with Gasteiger partial charge >= 0.3 is 11.9 Å². The van der Waals surface area contributed by atoms with Crippen LogP contribution in [0.25, 0.3) is 21.8 Å². The zero-order chi connectivity index (χ0) is 36.8. The van der Waals surface area contributed by atoms with E-state index in [-0.39, 0.29) is 12.1 Å². The number of pyridine rings is 2. The molecule has 6 aliphatic rings. The number of piperidine rings is 6. The molecule has 0 radical (unpaired) electrons. The van der Waals surface area contributed by atoms with Crippen LogP contribution in [-0.2, 0) is 9.47 Å². The van der Waals surface area contributed by atoms with E-state index in [2.05, 4.69) is 45.1 Å². The molecule has 11 rings (SSSR count). The first-order chi connectivity index (χ1) is 26.5. The first-order valence-electron chi connectivity index (χ1n) is 19.4. The van der Waals surface area contributed by atoms with Crippen LogP contribution < -0.4 is 0 Å². The molecule has 6 fully saturated rings. The van der Waals surface area contributed by atoms with Crippen molar-refractivity contribution in [3.8, 4) is 0 Å². The zero-order valence-electron chi connectivity index (χ0n) is 30.5. The second-order valence-electron chi connectivity index (χ2n) is 15.6. The highest BCUT2D eigenvalue weighted by atomic mass is 16.5. The molecule has 0 saturated carbocycles. The highest BCUT2D eigenvalue weighted by Crippen LogP contribution is 2.45. The lowest BCUT2D eigenvalue weighted by Crippen LogP contribution is -2.55. The van der Waals surface area contributed by atoms with Crippen molar-refractivity contribution in [3.05, 3.63) is 145 Å². The number of fused-ring (bicyclic) bond motifs is 8. The van der Waals surface area contributed by atoms with E-state index in [1.807, 2.05) is 60.7 Å². The number of ether oxygens (including phenoxy) is 2. The van der Waals surface area contributed by atoms with Crippen molar-refractivity contribution in [3.63, 3.8) is 0 Å². The van der Waals surface area contributed by atoms with Gasteiger partial charge in [-0.05, 0) is 105 Å². The van der Waals surface area contributed by atoms with E-state index in [9.17, 15) is 9.59 Å². The van der Waals surface area contributed by atoms with Gasteiger partial charge in [0.15, 0.2) is 0 Å². The van der Waals surface area contributed by atoms with Crippen LogP contribution in [0.5, 0.6) is 0 Å². The van der Waals surface area contributed by atoms with Gasteiger partial charge in [-0.3, -0.25) is 19.8 Å². The van der Waals surface area contributed by atoms with Gasteiger partial charge in [-0.2, -0.15) is 0 Å². The van der Waals surface area contributed by atoms with E-state index in [0.29, 0.717) is 34.8 Å². The van der Waals surface area contributed by atoms with Gasteiger partial charge in [0.25, 0.3) is 0 Å². The predicted molar refractivity (Wildman–Crippen MR) is 210 cm³/mol. The van der Waals surface area contributed by atoms with Gasteiger partial charge in [0.2, 0.25) is 0 Å². The van der Waals surface area contributed by atoms with Crippen molar-refractivity contribution in [2.45, 2.75) is 50.0 Å². The first kappa shape index (κ1) is 34.6. The van der Waals surface area contributed by atoms with Gasteiger partial charge < -0.3 is 9.47 Å². The van der Waals surface area contributed by atoms with Crippen LogP contribution in [0.1, 0.15) is 69.7 Å². The Labute approximate surface area is 316 Å². The average molecular weight is 719 g/mol. The number of carbonyl (C=O) groups excluding carboxylic acids is 2. The molecule has 8 heterocycles. The molecular weight excluding hydrogens is 673 g/mol. The van der Waals surface area contributed by atoms with E-state index < -0.39 is 24.1 Å². The average Bonchev–Trinajstić information content (AvgIpc) is 3.24. The van der Waals surface area contributed by atoms with Crippen LogP contribution in [0, 0.1) is 23.7 Å². The number of aromatic nitrogens is 2. The maximum absolute atomic E-state index is 14.2. The molecule has 6 aliphatic heterocycles. The van der Waals surface area contributed by atoms with Crippen LogP contribution >= 0.6 is 0 Å². The monoisotopic (exact) mass is 718 g/mol. The highest BCUT2D eigenvalue weighted by molar-refractivity contribution is 5.96. The van der Waals surface area contributed by atoms with Gasteiger partial charge in [-0.15, -0.1) is 13.2 Å². The third-order valence-electron chi connectivity index (χ3n) is 12.8. The Balaban J connectivity index is 1.02. The normalized spacial score (nSPS) is 28.3. The molecule has 8 nitrogen and oxygen atoms in total. The number of benzene rings is 3. The second kappa shape index (κ2) is 14.6. The minimum atomic E-state index is -0.519. The number of carbonyl (C=O) groups is 2. The maximum Gasteiger partial charge on any atom is 0.338 e. The number of hydrogen-bond donors (Lipinski definition) is 0. The summed E-state index contributed by atoms with van der Waals surface area (Å²) >= 11 is 0. The fourth-order valence-electron chi connectivity index (χ4n) is 9.95. The molecule has 0 aliphatic carbocycles. The molecule has 274 valence electrons. The Kier molecular flexibility index (Phi) is 9.33. The molecule has 0 N–H and O–H groups in total. The van der Waals surface area contributed by atoms with Crippen LogP contribution in [0.4, 0.5) is 0 Å². The minimum Gasteiger partial charge on any atom is -0.452 e. The zero-order valence-corrected chi connectivity index (χ0v) is 30.5. The van der Waals surface area contributed by atoms with Gasteiger partial charge in [0.05, 0.1) is 34.2 Å². The van der Waals surface area contributed by atoms with Crippen molar-refractivity contribution < 1.29 is 19.1 Å². The molecule has 0 amide bonds. The summed E-state index contributed by atoms with van der Waals surface area (Å²) in [4.78, 5) is 42.6. The number of esters is 2. The molecule has 6 saturated heterocycles. The smallest absolute Gasteiger partial charge is 0.338 e.